The van der Waals surface area contributed by atoms with Crippen LogP contribution in [0.5, 0.6) is 0 Å². The number of carboxylic acid groups (broad SMARTS) is 1. The van der Waals surface area contributed by atoms with Crippen LogP contribution in [0.1, 0.15) is 6.92 Å². The molecule has 0 saturated carbocycles. The lowest BCUT2D eigenvalue weighted by Gasteiger charge is -1.97. The molecule has 3 amide bonds. The third-order valence-corrected chi connectivity index (χ3v) is 0.935. The number of aliphatic carboxylic acids is 1. The largest absolute Gasteiger partial charge is 0.478 e. The summed E-state index contributed by atoms with van der Waals surface area (Å²) in [6.07, 6.45) is 0.679. The predicted octanol–water partition coefficient (Wildman–Crippen LogP) is -0.788. The van der Waals surface area contributed by atoms with Gasteiger partial charge in [-0.1, -0.05) is 0 Å². The minimum atomic E-state index is -1.26. The van der Waals surface area contributed by atoms with Crippen molar-refractivity contribution in [3.63, 3.8) is 0 Å². The van der Waals surface area contributed by atoms with E-state index in [-0.39, 0.29) is 5.57 Å². The molecule has 0 unspecified atom stereocenters. The van der Waals surface area contributed by atoms with Gasteiger partial charge in [0.1, 0.15) is 0 Å². The van der Waals surface area contributed by atoms with Gasteiger partial charge in [0.15, 0.2) is 0 Å². The molecule has 0 aromatic heterocycles. The Kier molecular flexibility index (Phi) is 3.48. The van der Waals surface area contributed by atoms with Crippen LogP contribution < -0.4 is 11.1 Å². The summed E-state index contributed by atoms with van der Waals surface area (Å²) in [6, 6.07) is -1.02. The van der Waals surface area contributed by atoms with E-state index in [0.717, 1.165) is 0 Å². The van der Waals surface area contributed by atoms with Gasteiger partial charge in [0.2, 0.25) is 0 Å². The lowest BCUT2D eigenvalue weighted by atomic mass is 10.2. The van der Waals surface area contributed by atoms with Crippen LogP contribution in [0.4, 0.5) is 4.79 Å². The molecule has 0 bridgehead atoms. The number of imide groups is 1. The molecule has 0 heterocycles. The Labute approximate surface area is 68.0 Å². The minimum Gasteiger partial charge on any atom is -0.478 e. The Morgan fingerprint density at radius 1 is 1.42 bits per heavy atom. The fraction of sp³-hybridized carbons (Fsp3) is 0.167. The van der Waals surface area contributed by atoms with Gasteiger partial charge >= 0.3 is 12.0 Å². The SMILES string of the molecule is C/C(=C\C(=O)O)C(=O)NC(N)=O. The second kappa shape index (κ2) is 4.12. The summed E-state index contributed by atoms with van der Waals surface area (Å²) in [6.45, 7) is 1.26. The summed E-state index contributed by atoms with van der Waals surface area (Å²) in [4.78, 5) is 30.9. The molecule has 0 spiro atoms. The van der Waals surface area contributed by atoms with Gasteiger partial charge in [-0.15, -0.1) is 0 Å². The molecule has 0 radical (unpaired) electrons. The average molecular weight is 172 g/mol. The number of nitrogens with two attached hydrogens (primary N) is 1. The Bertz CT molecular complexity index is 256. The highest BCUT2D eigenvalue weighted by molar-refractivity contribution is 6.05. The molecule has 0 rings (SSSR count). The molecule has 0 aromatic rings. The molecule has 0 aromatic carbocycles. The number of urea groups is 1. The second-order valence-electron chi connectivity index (χ2n) is 1.98. The van der Waals surface area contributed by atoms with Crippen LogP contribution in [-0.2, 0) is 9.59 Å². The van der Waals surface area contributed by atoms with Gasteiger partial charge in [-0.3, -0.25) is 10.1 Å². The molecule has 12 heavy (non-hydrogen) atoms. The summed E-state index contributed by atoms with van der Waals surface area (Å²) in [7, 11) is 0. The summed E-state index contributed by atoms with van der Waals surface area (Å²) in [5.41, 5.74) is 4.52. The summed E-state index contributed by atoms with van der Waals surface area (Å²) >= 11 is 0. The van der Waals surface area contributed by atoms with Crippen molar-refractivity contribution < 1.29 is 19.5 Å². The molecule has 6 nitrogen and oxygen atoms in total. The van der Waals surface area contributed by atoms with E-state index in [2.05, 4.69) is 5.73 Å². The zero-order valence-corrected chi connectivity index (χ0v) is 6.33. The number of hydrogen-bond donors (Lipinski definition) is 3. The van der Waals surface area contributed by atoms with Crippen molar-refractivity contribution in [3.05, 3.63) is 11.6 Å². The van der Waals surface area contributed by atoms with Crippen molar-refractivity contribution in [1.82, 2.24) is 5.32 Å². The lowest BCUT2D eigenvalue weighted by Crippen LogP contribution is -2.35. The smallest absolute Gasteiger partial charge is 0.328 e. The fourth-order valence-electron chi connectivity index (χ4n) is 0.461. The molecule has 4 N–H and O–H groups in total. The third-order valence-electron chi connectivity index (χ3n) is 0.935. The van der Waals surface area contributed by atoms with Crippen LogP contribution in [0, 0.1) is 0 Å². The van der Waals surface area contributed by atoms with Crippen LogP contribution >= 0.6 is 0 Å². The maximum atomic E-state index is 10.7. The number of nitrogens with one attached hydrogen (secondary N) is 1. The standard InChI is InChI=1S/C6H8N2O4/c1-3(2-4(9)10)5(11)8-6(7)12/h2H,1H3,(H,9,10)(H3,7,8,11,12)/b3-2+. The first kappa shape index (κ1) is 10.2. The van der Waals surface area contributed by atoms with Crippen molar-refractivity contribution in [2.24, 2.45) is 5.73 Å². The van der Waals surface area contributed by atoms with Crippen LogP contribution in [0.2, 0.25) is 0 Å². The second-order valence-corrected chi connectivity index (χ2v) is 1.98. The average Bonchev–Trinajstić information content (AvgIpc) is 1.84. The number of hydrogen-bond acceptors (Lipinski definition) is 3. The molecule has 0 saturated heterocycles. The minimum absolute atomic E-state index is 0.0960. The Morgan fingerprint density at radius 2 is 1.92 bits per heavy atom. The first-order valence-corrected chi connectivity index (χ1v) is 2.95. The highest BCUT2D eigenvalue weighted by atomic mass is 16.4. The van der Waals surface area contributed by atoms with Gasteiger partial charge < -0.3 is 10.8 Å². The normalized spacial score (nSPS) is 10.6. The lowest BCUT2D eigenvalue weighted by molar-refractivity contribution is -0.131. The number of carboxylic acids is 1. The van der Waals surface area contributed by atoms with E-state index in [9.17, 15) is 14.4 Å². The van der Waals surface area contributed by atoms with E-state index in [1.165, 1.54) is 6.92 Å². The van der Waals surface area contributed by atoms with Crippen molar-refractivity contribution in [2.75, 3.05) is 0 Å². The monoisotopic (exact) mass is 172 g/mol. The quantitative estimate of drug-likeness (QED) is 0.474. The maximum absolute atomic E-state index is 10.7. The third kappa shape index (κ3) is 4.04. The van der Waals surface area contributed by atoms with E-state index in [0.29, 0.717) is 6.08 Å². The van der Waals surface area contributed by atoms with Crippen LogP contribution in [0.25, 0.3) is 0 Å². The van der Waals surface area contributed by atoms with Crippen LogP contribution in [-0.4, -0.2) is 23.0 Å². The summed E-state index contributed by atoms with van der Waals surface area (Å²) in [5, 5.41) is 9.91. The Hall–Kier alpha value is -1.85. The van der Waals surface area contributed by atoms with Gasteiger partial charge in [0.25, 0.3) is 5.91 Å². The highest BCUT2D eigenvalue weighted by Crippen LogP contribution is 1.90. The molecular weight excluding hydrogens is 164 g/mol. The Morgan fingerprint density at radius 3 is 2.25 bits per heavy atom. The van der Waals surface area contributed by atoms with E-state index >= 15 is 0 Å². The Balaban J connectivity index is 4.29. The zero-order valence-electron chi connectivity index (χ0n) is 6.33. The first-order chi connectivity index (χ1) is 5.43. The number of rotatable bonds is 2. The van der Waals surface area contributed by atoms with Gasteiger partial charge in [0.05, 0.1) is 0 Å². The summed E-state index contributed by atoms with van der Waals surface area (Å²) < 4.78 is 0. The molecule has 6 heteroatoms. The molecule has 0 aliphatic heterocycles. The van der Waals surface area contributed by atoms with Crippen LogP contribution in [0.3, 0.4) is 0 Å². The van der Waals surface area contributed by atoms with E-state index < -0.39 is 17.9 Å². The molecule has 0 aliphatic rings. The zero-order chi connectivity index (χ0) is 9.72. The molecule has 0 fully saturated rings. The highest BCUT2D eigenvalue weighted by Gasteiger charge is 2.07. The number of primary amides is 1. The molecular formula is C6H8N2O4. The van der Waals surface area contributed by atoms with Crippen LogP contribution in [0.15, 0.2) is 11.6 Å². The number of carbonyl (C=O) groups excluding carboxylic acids is 2. The van der Waals surface area contributed by atoms with Crippen molar-refractivity contribution in [3.8, 4) is 0 Å². The summed E-state index contributed by atoms with van der Waals surface area (Å²) in [5.74, 6) is -2.07. The van der Waals surface area contributed by atoms with Crippen molar-refractivity contribution in [1.29, 1.82) is 0 Å². The van der Waals surface area contributed by atoms with E-state index in [1.807, 2.05) is 0 Å². The predicted molar refractivity (Wildman–Crippen MR) is 39.1 cm³/mol. The number of carbonyl (C=O) groups is 3. The fourth-order valence-corrected chi connectivity index (χ4v) is 0.461. The van der Waals surface area contributed by atoms with Crippen molar-refractivity contribution >= 4 is 17.9 Å². The molecule has 66 valence electrons. The number of amides is 3. The van der Waals surface area contributed by atoms with Gasteiger partial charge in [-0.05, 0) is 6.92 Å². The molecule has 0 aliphatic carbocycles. The van der Waals surface area contributed by atoms with Gasteiger partial charge in [0, 0.05) is 11.6 Å². The maximum Gasteiger partial charge on any atom is 0.328 e. The van der Waals surface area contributed by atoms with E-state index in [4.69, 9.17) is 5.11 Å². The topological polar surface area (TPSA) is 109 Å². The first-order valence-electron chi connectivity index (χ1n) is 2.95. The van der Waals surface area contributed by atoms with E-state index in [1.54, 1.807) is 5.32 Å². The van der Waals surface area contributed by atoms with Gasteiger partial charge in [-0.2, -0.15) is 0 Å². The molecule has 0 atom stereocenters. The van der Waals surface area contributed by atoms with Crippen molar-refractivity contribution in [2.45, 2.75) is 6.92 Å². The van der Waals surface area contributed by atoms with Gasteiger partial charge in [-0.25, -0.2) is 9.59 Å².